The summed E-state index contributed by atoms with van der Waals surface area (Å²) in [4.78, 5) is 0. The van der Waals surface area contributed by atoms with Crippen LogP contribution in [-0.4, -0.2) is 36.5 Å². The molecule has 2 atom stereocenters. The normalized spacial score (nSPS) is 20.3. The molecule has 0 amide bonds. The Kier molecular flexibility index (Phi) is 5.37. The van der Waals surface area contributed by atoms with E-state index >= 15 is 0 Å². The van der Waals surface area contributed by atoms with Gasteiger partial charge in [-0.2, -0.15) is 0 Å². The lowest BCUT2D eigenvalue weighted by Crippen LogP contribution is -2.40. The highest BCUT2D eigenvalue weighted by molar-refractivity contribution is 5.30. The maximum atomic E-state index is 9.84. The molecule has 0 bridgehead atoms. The molecule has 2 rings (SSSR count). The van der Waals surface area contributed by atoms with Gasteiger partial charge in [0.25, 0.3) is 0 Å². The van der Waals surface area contributed by atoms with Crippen LogP contribution in [0.3, 0.4) is 0 Å². The largest absolute Gasteiger partial charge is 0.389 e. The molecule has 1 aromatic carbocycles. The Morgan fingerprint density at radius 3 is 2.79 bits per heavy atom. The van der Waals surface area contributed by atoms with E-state index in [2.05, 4.69) is 29.6 Å². The predicted molar refractivity (Wildman–Crippen MR) is 77.4 cm³/mol. The molecule has 0 aromatic heterocycles. The predicted octanol–water partition coefficient (Wildman–Crippen LogP) is 1.92. The maximum absolute atomic E-state index is 9.84. The first kappa shape index (κ1) is 14.5. The van der Waals surface area contributed by atoms with Crippen LogP contribution < -0.4 is 5.32 Å². The lowest BCUT2D eigenvalue weighted by atomic mass is 9.88. The second-order valence-electron chi connectivity index (χ2n) is 5.65. The third-order valence-corrected chi connectivity index (χ3v) is 3.61. The van der Waals surface area contributed by atoms with Crippen molar-refractivity contribution in [3.05, 3.63) is 35.4 Å². The number of hydrogen-bond acceptors (Lipinski definition) is 3. The minimum atomic E-state index is -0.417. The second-order valence-corrected chi connectivity index (χ2v) is 5.65. The summed E-state index contributed by atoms with van der Waals surface area (Å²) in [5, 5.41) is 13.3. The molecule has 3 nitrogen and oxygen atoms in total. The van der Waals surface area contributed by atoms with Gasteiger partial charge in [0, 0.05) is 12.6 Å². The lowest BCUT2D eigenvalue weighted by molar-refractivity contribution is 0.00531. The van der Waals surface area contributed by atoms with Gasteiger partial charge in [-0.05, 0) is 44.2 Å². The number of fused-ring (bicyclic) bond motifs is 1. The van der Waals surface area contributed by atoms with Gasteiger partial charge in [0.15, 0.2) is 0 Å². The summed E-state index contributed by atoms with van der Waals surface area (Å²) in [6.07, 6.45) is 3.10. The van der Waals surface area contributed by atoms with E-state index in [0.717, 1.165) is 19.3 Å². The van der Waals surface area contributed by atoms with Crippen LogP contribution in [0.25, 0.3) is 0 Å². The number of nitrogens with one attached hydrogen (secondary N) is 1. The fraction of sp³-hybridized carbons (Fsp3) is 0.625. The Morgan fingerprint density at radius 1 is 1.32 bits per heavy atom. The highest BCUT2D eigenvalue weighted by atomic mass is 16.5. The number of benzene rings is 1. The standard InChI is InChI=1S/C16H25NO2/c1-12(2)19-11-16(18)10-17-15-8-7-13-5-3-4-6-14(13)9-15/h3-6,12,15-18H,7-11H2,1-2H3. The van der Waals surface area contributed by atoms with Crippen molar-refractivity contribution >= 4 is 0 Å². The molecule has 0 aliphatic heterocycles. The Hall–Kier alpha value is -0.900. The van der Waals surface area contributed by atoms with E-state index in [1.54, 1.807) is 0 Å². The summed E-state index contributed by atoms with van der Waals surface area (Å²) in [6, 6.07) is 9.12. The van der Waals surface area contributed by atoms with Crippen LogP contribution in [-0.2, 0) is 17.6 Å². The van der Waals surface area contributed by atoms with E-state index in [1.807, 2.05) is 13.8 Å². The number of hydrogen-bond donors (Lipinski definition) is 2. The molecule has 2 unspecified atom stereocenters. The number of rotatable bonds is 6. The quantitative estimate of drug-likeness (QED) is 0.824. The van der Waals surface area contributed by atoms with E-state index in [0.29, 0.717) is 19.2 Å². The summed E-state index contributed by atoms with van der Waals surface area (Å²) in [5.41, 5.74) is 2.92. The number of aryl methyl sites for hydroxylation is 1. The third kappa shape index (κ3) is 4.60. The molecule has 1 aromatic rings. The monoisotopic (exact) mass is 263 g/mol. The Morgan fingerprint density at radius 2 is 2.05 bits per heavy atom. The van der Waals surface area contributed by atoms with Crippen LogP contribution in [0.1, 0.15) is 31.4 Å². The third-order valence-electron chi connectivity index (χ3n) is 3.61. The first-order chi connectivity index (χ1) is 9.15. The second kappa shape index (κ2) is 7.04. The molecule has 1 aliphatic carbocycles. The van der Waals surface area contributed by atoms with E-state index in [-0.39, 0.29) is 6.10 Å². The minimum absolute atomic E-state index is 0.177. The highest BCUT2D eigenvalue weighted by Gasteiger charge is 2.18. The molecule has 0 heterocycles. The molecule has 0 fully saturated rings. The van der Waals surface area contributed by atoms with Gasteiger partial charge in [-0.15, -0.1) is 0 Å². The van der Waals surface area contributed by atoms with Crippen molar-refractivity contribution in [2.24, 2.45) is 0 Å². The Labute approximate surface area is 116 Å². The van der Waals surface area contributed by atoms with Crippen molar-refractivity contribution in [3.8, 4) is 0 Å². The zero-order valence-corrected chi connectivity index (χ0v) is 11.9. The van der Waals surface area contributed by atoms with Crippen LogP contribution >= 0.6 is 0 Å². The molecule has 106 valence electrons. The molecule has 0 radical (unpaired) electrons. The molecular weight excluding hydrogens is 238 g/mol. The van der Waals surface area contributed by atoms with Crippen molar-refractivity contribution in [2.45, 2.75) is 51.4 Å². The van der Waals surface area contributed by atoms with Crippen molar-refractivity contribution in [1.82, 2.24) is 5.32 Å². The van der Waals surface area contributed by atoms with E-state index in [9.17, 15) is 5.11 Å². The molecule has 0 saturated carbocycles. The summed E-state index contributed by atoms with van der Waals surface area (Å²) >= 11 is 0. The van der Waals surface area contributed by atoms with E-state index in [4.69, 9.17) is 4.74 Å². The summed E-state index contributed by atoms with van der Waals surface area (Å²) in [7, 11) is 0. The van der Waals surface area contributed by atoms with Crippen LogP contribution in [0, 0.1) is 0 Å². The summed E-state index contributed by atoms with van der Waals surface area (Å²) in [5.74, 6) is 0. The number of aliphatic hydroxyl groups is 1. The molecular formula is C16H25NO2. The zero-order valence-electron chi connectivity index (χ0n) is 11.9. The fourth-order valence-electron chi connectivity index (χ4n) is 2.54. The van der Waals surface area contributed by atoms with Gasteiger partial charge in [0.1, 0.15) is 0 Å². The van der Waals surface area contributed by atoms with Crippen LogP contribution in [0.15, 0.2) is 24.3 Å². The number of ether oxygens (including phenoxy) is 1. The average Bonchev–Trinajstić information content (AvgIpc) is 2.42. The lowest BCUT2D eigenvalue weighted by Gasteiger charge is -2.26. The highest BCUT2D eigenvalue weighted by Crippen LogP contribution is 2.20. The molecule has 2 N–H and O–H groups in total. The number of aliphatic hydroxyl groups excluding tert-OH is 1. The van der Waals surface area contributed by atoms with E-state index < -0.39 is 6.10 Å². The van der Waals surface area contributed by atoms with Gasteiger partial charge in [0.2, 0.25) is 0 Å². The first-order valence-electron chi connectivity index (χ1n) is 7.25. The maximum Gasteiger partial charge on any atom is 0.0897 e. The van der Waals surface area contributed by atoms with Crippen LogP contribution in [0.5, 0.6) is 0 Å². The van der Waals surface area contributed by atoms with Gasteiger partial charge in [-0.25, -0.2) is 0 Å². The van der Waals surface area contributed by atoms with Crippen molar-refractivity contribution in [3.63, 3.8) is 0 Å². The van der Waals surface area contributed by atoms with Gasteiger partial charge in [-0.3, -0.25) is 0 Å². The topological polar surface area (TPSA) is 41.5 Å². The van der Waals surface area contributed by atoms with Crippen LogP contribution in [0.4, 0.5) is 0 Å². The molecule has 1 aliphatic rings. The van der Waals surface area contributed by atoms with Gasteiger partial charge in [0.05, 0.1) is 18.8 Å². The van der Waals surface area contributed by atoms with Gasteiger partial charge < -0.3 is 15.2 Å². The Bertz CT molecular complexity index is 392. The summed E-state index contributed by atoms with van der Waals surface area (Å²) < 4.78 is 5.41. The van der Waals surface area contributed by atoms with Crippen LogP contribution in [0.2, 0.25) is 0 Å². The molecule has 0 spiro atoms. The fourth-order valence-corrected chi connectivity index (χ4v) is 2.54. The van der Waals surface area contributed by atoms with Crippen molar-refractivity contribution in [1.29, 1.82) is 0 Å². The average molecular weight is 263 g/mol. The van der Waals surface area contributed by atoms with E-state index in [1.165, 1.54) is 11.1 Å². The van der Waals surface area contributed by atoms with Crippen molar-refractivity contribution < 1.29 is 9.84 Å². The van der Waals surface area contributed by atoms with Gasteiger partial charge in [-0.1, -0.05) is 24.3 Å². The Balaban J connectivity index is 1.73. The molecule has 3 heteroatoms. The first-order valence-corrected chi connectivity index (χ1v) is 7.25. The van der Waals surface area contributed by atoms with Gasteiger partial charge >= 0.3 is 0 Å². The molecule has 19 heavy (non-hydrogen) atoms. The molecule has 0 saturated heterocycles. The zero-order chi connectivity index (χ0) is 13.7. The summed E-state index contributed by atoms with van der Waals surface area (Å²) in [6.45, 7) is 4.99. The smallest absolute Gasteiger partial charge is 0.0897 e. The minimum Gasteiger partial charge on any atom is -0.389 e. The SMILES string of the molecule is CC(C)OCC(O)CNC1CCc2ccccc2C1. The van der Waals surface area contributed by atoms with Crippen molar-refractivity contribution in [2.75, 3.05) is 13.2 Å².